The van der Waals surface area contributed by atoms with Crippen molar-refractivity contribution in [1.29, 1.82) is 0 Å². The lowest BCUT2D eigenvalue weighted by atomic mass is 10.0. The molecular formula is C14H18BrN5. The van der Waals surface area contributed by atoms with Gasteiger partial charge < -0.3 is 10.7 Å². The largest absolute Gasteiger partial charge is 0.340 e. The molecule has 0 amide bonds. The van der Waals surface area contributed by atoms with Crippen LogP contribution in [0.15, 0.2) is 29.0 Å². The molecule has 0 bridgehead atoms. The topological polar surface area (TPSA) is 75.9 Å². The molecule has 106 valence electrons. The highest BCUT2D eigenvalue weighted by atomic mass is 79.9. The van der Waals surface area contributed by atoms with E-state index in [2.05, 4.69) is 50.5 Å². The minimum atomic E-state index is 0.247. The molecule has 5 nitrogen and oxygen atoms in total. The lowest BCUT2D eigenvalue weighted by Crippen LogP contribution is -2.14. The number of hydrogen-bond donors (Lipinski definition) is 3. The van der Waals surface area contributed by atoms with Gasteiger partial charge in [-0.2, -0.15) is 0 Å². The Balaban J connectivity index is 2.46. The van der Waals surface area contributed by atoms with Crippen LogP contribution < -0.4 is 16.6 Å². The molecule has 0 spiro atoms. The normalized spacial score (nSPS) is 10.7. The van der Waals surface area contributed by atoms with Gasteiger partial charge in [0.15, 0.2) is 0 Å². The first-order valence-electron chi connectivity index (χ1n) is 6.38. The summed E-state index contributed by atoms with van der Waals surface area (Å²) in [5.41, 5.74) is 5.73. The SMILES string of the molecule is Cc1c(Br)cccc1Nc1ncnc(NN)c1C(C)C. The van der Waals surface area contributed by atoms with Gasteiger partial charge in [-0.1, -0.05) is 35.8 Å². The van der Waals surface area contributed by atoms with Crippen molar-refractivity contribution < 1.29 is 0 Å². The number of hydrazine groups is 1. The van der Waals surface area contributed by atoms with Gasteiger partial charge >= 0.3 is 0 Å². The molecule has 0 aliphatic carbocycles. The first-order valence-corrected chi connectivity index (χ1v) is 7.17. The molecule has 0 saturated carbocycles. The van der Waals surface area contributed by atoms with E-state index in [0.717, 1.165) is 27.1 Å². The Morgan fingerprint density at radius 1 is 1.20 bits per heavy atom. The molecule has 2 rings (SSSR count). The maximum Gasteiger partial charge on any atom is 0.148 e. The fraction of sp³-hybridized carbons (Fsp3) is 0.286. The van der Waals surface area contributed by atoms with Gasteiger partial charge in [-0.25, -0.2) is 15.8 Å². The van der Waals surface area contributed by atoms with Crippen LogP contribution in [0.25, 0.3) is 0 Å². The van der Waals surface area contributed by atoms with Gasteiger partial charge in [0.05, 0.1) is 0 Å². The molecule has 0 atom stereocenters. The second kappa shape index (κ2) is 6.19. The summed E-state index contributed by atoms with van der Waals surface area (Å²) in [6, 6.07) is 6.01. The van der Waals surface area contributed by atoms with E-state index in [1.165, 1.54) is 6.33 Å². The van der Waals surface area contributed by atoms with Crippen LogP contribution >= 0.6 is 15.9 Å². The first kappa shape index (κ1) is 14.7. The van der Waals surface area contributed by atoms with Crippen molar-refractivity contribution in [2.24, 2.45) is 5.84 Å². The Morgan fingerprint density at radius 2 is 1.90 bits per heavy atom. The summed E-state index contributed by atoms with van der Waals surface area (Å²) in [4.78, 5) is 8.51. The number of aromatic nitrogens is 2. The zero-order chi connectivity index (χ0) is 14.7. The van der Waals surface area contributed by atoms with Crippen molar-refractivity contribution in [2.75, 3.05) is 10.7 Å². The molecule has 2 aromatic rings. The van der Waals surface area contributed by atoms with E-state index in [4.69, 9.17) is 5.84 Å². The lowest BCUT2D eigenvalue weighted by Gasteiger charge is -2.17. The summed E-state index contributed by atoms with van der Waals surface area (Å²) >= 11 is 3.53. The summed E-state index contributed by atoms with van der Waals surface area (Å²) in [6.45, 7) is 6.21. The summed E-state index contributed by atoms with van der Waals surface area (Å²) in [5, 5.41) is 3.36. The highest BCUT2D eigenvalue weighted by Gasteiger charge is 2.15. The fourth-order valence-electron chi connectivity index (χ4n) is 2.03. The minimum Gasteiger partial charge on any atom is -0.340 e. The van der Waals surface area contributed by atoms with Crippen molar-refractivity contribution in [3.05, 3.63) is 40.1 Å². The summed E-state index contributed by atoms with van der Waals surface area (Å²) < 4.78 is 1.06. The Kier molecular flexibility index (Phi) is 4.57. The Bertz CT molecular complexity index is 613. The van der Waals surface area contributed by atoms with Gasteiger partial charge in [-0.05, 0) is 30.5 Å². The quantitative estimate of drug-likeness (QED) is 0.586. The average Bonchev–Trinajstić information content (AvgIpc) is 2.43. The van der Waals surface area contributed by atoms with Crippen molar-refractivity contribution in [3.63, 3.8) is 0 Å². The van der Waals surface area contributed by atoms with Crippen LogP contribution in [0.3, 0.4) is 0 Å². The smallest absolute Gasteiger partial charge is 0.148 e. The Labute approximate surface area is 127 Å². The number of nitrogen functional groups attached to an aromatic ring is 1. The van der Waals surface area contributed by atoms with Crippen molar-refractivity contribution in [2.45, 2.75) is 26.7 Å². The molecule has 1 heterocycles. The maximum absolute atomic E-state index is 5.53. The maximum atomic E-state index is 5.53. The first-order chi connectivity index (χ1) is 9.54. The molecule has 0 aliphatic heterocycles. The summed E-state index contributed by atoms with van der Waals surface area (Å²) in [7, 11) is 0. The molecule has 20 heavy (non-hydrogen) atoms. The van der Waals surface area contributed by atoms with E-state index in [0.29, 0.717) is 5.82 Å². The number of nitrogens with two attached hydrogens (primary N) is 1. The third kappa shape index (κ3) is 2.91. The van der Waals surface area contributed by atoms with Gasteiger partial charge in [0.1, 0.15) is 18.0 Å². The number of anilines is 3. The van der Waals surface area contributed by atoms with E-state index < -0.39 is 0 Å². The Morgan fingerprint density at radius 3 is 2.55 bits per heavy atom. The molecule has 0 radical (unpaired) electrons. The fourth-order valence-corrected chi connectivity index (χ4v) is 2.39. The number of nitrogens with zero attached hydrogens (tertiary/aromatic N) is 2. The van der Waals surface area contributed by atoms with Crippen LogP contribution in [-0.2, 0) is 0 Å². The predicted molar refractivity (Wildman–Crippen MR) is 86.1 cm³/mol. The highest BCUT2D eigenvalue weighted by Crippen LogP contribution is 2.32. The zero-order valence-electron chi connectivity index (χ0n) is 11.7. The predicted octanol–water partition coefficient (Wildman–Crippen LogP) is 3.70. The van der Waals surface area contributed by atoms with Crippen LogP contribution in [0, 0.1) is 6.92 Å². The van der Waals surface area contributed by atoms with Gasteiger partial charge in [0.2, 0.25) is 0 Å². The van der Waals surface area contributed by atoms with Crippen LogP contribution in [-0.4, -0.2) is 9.97 Å². The van der Waals surface area contributed by atoms with E-state index >= 15 is 0 Å². The standard InChI is InChI=1S/C14H18BrN5/c1-8(2)12-13(17-7-18-14(12)20-16)19-11-6-4-5-10(15)9(11)3/h4-8H,16H2,1-3H3,(H2,17,18,19,20). The molecule has 0 saturated heterocycles. The van der Waals surface area contributed by atoms with Crippen molar-refractivity contribution in [3.8, 4) is 0 Å². The number of halogens is 1. The average molecular weight is 336 g/mol. The molecule has 1 aromatic carbocycles. The van der Waals surface area contributed by atoms with Crippen LogP contribution in [0.2, 0.25) is 0 Å². The van der Waals surface area contributed by atoms with Crippen molar-refractivity contribution in [1.82, 2.24) is 9.97 Å². The third-order valence-corrected chi connectivity index (χ3v) is 3.98. The third-order valence-electron chi connectivity index (χ3n) is 3.12. The van der Waals surface area contributed by atoms with Gasteiger partial charge in [-0.15, -0.1) is 0 Å². The molecule has 0 unspecified atom stereocenters. The van der Waals surface area contributed by atoms with Crippen LogP contribution in [0.4, 0.5) is 17.3 Å². The lowest BCUT2D eigenvalue weighted by molar-refractivity contribution is 0.850. The molecular weight excluding hydrogens is 318 g/mol. The van der Waals surface area contributed by atoms with E-state index in [9.17, 15) is 0 Å². The van der Waals surface area contributed by atoms with E-state index in [1.807, 2.05) is 25.1 Å². The van der Waals surface area contributed by atoms with Crippen LogP contribution in [0.1, 0.15) is 30.9 Å². The number of rotatable bonds is 4. The van der Waals surface area contributed by atoms with E-state index in [1.54, 1.807) is 0 Å². The second-order valence-corrected chi connectivity index (χ2v) is 5.68. The summed E-state index contributed by atoms with van der Waals surface area (Å²) in [5.74, 6) is 7.19. The van der Waals surface area contributed by atoms with Gasteiger partial charge in [0, 0.05) is 15.7 Å². The molecule has 4 N–H and O–H groups in total. The molecule has 0 aliphatic rings. The number of hydrogen-bond acceptors (Lipinski definition) is 5. The zero-order valence-corrected chi connectivity index (χ0v) is 13.3. The number of nitrogens with one attached hydrogen (secondary N) is 2. The molecule has 6 heteroatoms. The van der Waals surface area contributed by atoms with Crippen molar-refractivity contribution >= 4 is 33.3 Å². The van der Waals surface area contributed by atoms with Gasteiger partial charge in [-0.3, -0.25) is 0 Å². The van der Waals surface area contributed by atoms with Gasteiger partial charge in [0.25, 0.3) is 0 Å². The highest BCUT2D eigenvalue weighted by molar-refractivity contribution is 9.10. The molecule has 0 fully saturated rings. The second-order valence-electron chi connectivity index (χ2n) is 4.82. The monoisotopic (exact) mass is 335 g/mol. The summed E-state index contributed by atoms with van der Waals surface area (Å²) in [6.07, 6.45) is 1.50. The number of benzene rings is 1. The molecule has 1 aromatic heterocycles. The minimum absolute atomic E-state index is 0.247. The Hall–Kier alpha value is -1.66. The van der Waals surface area contributed by atoms with E-state index in [-0.39, 0.29) is 5.92 Å². The van der Waals surface area contributed by atoms with Crippen LogP contribution in [0.5, 0.6) is 0 Å².